The second kappa shape index (κ2) is 7.87. The zero-order valence-corrected chi connectivity index (χ0v) is 13.7. The van der Waals surface area contributed by atoms with Crippen LogP contribution in [0, 0.1) is 5.92 Å². The Kier molecular flexibility index (Phi) is 6.15. The number of benzene rings is 1. The summed E-state index contributed by atoms with van der Waals surface area (Å²) < 4.78 is 16.3. The van der Waals surface area contributed by atoms with E-state index in [0.29, 0.717) is 22.4 Å². The largest absolute Gasteiger partial charge is 0.493 e. The SMILES string of the molecule is CCCNC(c1cc(Cl)c(OC)c(OC)c1)C1CCOC1. The molecule has 0 spiro atoms. The molecule has 1 aromatic carbocycles. The van der Waals surface area contributed by atoms with Gasteiger partial charge in [0.05, 0.1) is 25.8 Å². The molecule has 0 amide bonds. The molecule has 2 atom stereocenters. The summed E-state index contributed by atoms with van der Waals surface area (Å²) >= 11 is 6.33. The van der Waals surface area contributed by atoms with Crippen LogP contribution in [-0.4, -0.2) is 34.0 Å². The van der Waals surface area contributed by atoms with E-state index >= 15 is 0 Å². The fraction of sp³-hybridized carbons (Fsp3) is 0.625. The summed E-state index contributed by atoms with van der Waals surface area (Å²) in [4.78, 5) is 0. The molecule has 118 valence electrons. The molecule has 0 bridgehead atoms. The Morgan fingerprint density at radius 3 is 2.76 bits per heavy atom. The quantitative estimate of drug-likeness (QED) is 0.837. The van der Waals surface area contributed by atoms with E-state index < -0.39 is 0 Å². The summed E-state index contributed by atoms with van der Waals surface area (Å²) in [6, 6.07) is 4.20. The molecule has 1 saturated heterocycles. The molecule has 2 rings (SSSR count). The fourth-order valence-electron chi connectivity index (χ4n) is 2.79. The molecular weight excluding hydrogens is 290 g/mol. The van der Waals surface area contributed by atoms with Gasteiger partial charge in [0, 0.05) is 18.6 Å². The van der Waals surface area contributed by atoms with Gasteiger partial charge in [0.2, 0.25) is 0 Å². The molecule has 1 N–H and O–H groups in total. The van der Waals surface area contributed by atoms with Crippen LogP contribution in [0.15, 0.2) is 12.1 Å². The summed E-state index contributed by atoms with van der Waals surface area (Å²) in [5.41, 5.74) is 1.13. The van der Waals surface area contributed by atoms with Gasteiger partial charge in [0.25, 0.3) is 0 Å². The van der Waals surface area contributed by atoms with Crippen LogP contribution < -0.4 is 14.8 Å². The van der Waals surface area contributed by atoms with Gasteiger partial charge < -0.3 is 19.5 Å². The van der Waals surface area contributed by atoms with Crippen molar-refractivity contribution in [3.05, 3.63) is 22.7 Å². The number of methoxy groups -OCH3 is 2. The normalized spacial score (nSPS) is 19.5. The van der Waals surface area contributed by atoms with E-state index in [9.17, 15) is 0 Å². The summed E-state index contributed by atoms with van der Waals surface area (Å²) in [7, 11) is 3.23. The molecule has 0 radical (unpaired) electrons. The maximum atomic E-state index is 6.33. The smallest absolute Gasteiger partial charge is 0.179 e. The van der Waals surface area contributed by atoms with Gasteiger partial charge in [-0.15, -0.1) is 0 Å². The zero-order valence-electron chi connectivity index (χ0n) is 12.9. The maximum absolute atomic E-state index is 6.33. The average Bonchev–Trinajstić information content (AvgIpc) is 3.01. The van der Waals surface area contributed by atoms with E-state index in [1.807, 2.05) is 12.1 Å². The van der Waals surface area contributed by atoms with Crippen LogP contribution in [0.3, 0.4) is 0 Å². The second-order valence-electron chi connectivity index (χ2n) is 5.29. The molecule has 1 heterocycles. The molecule has 1 aliphatic heterocycles. The minimum atomic E-state index is 0.227. The lowest BCUT2D eigenvalue weighted by Crippen LogP contribution is -2.29. The fourth-order valence-corrected chi connectivity index (χ4v) is 3.09. The maximum Gasteiger partial charge on any atom is 0.179 e. The topological polar surface area (TPSA) is 39.7 Å². The van der Waals surface area contributed by atoms with Crippen LogP contribution in [0.5, 0.6) is 11.5 Å². The Hall–Kier alpha value is -0.970. The third-order valence-electron chi connectivity index (χ3n) is 3.87. The van der Waals surface area contributed by atoms with Crippen LogP contribution >= 0.6 is 11.6 Å². The molecule has 0 saturated carbocycles. The van der Waals surface area contributed by atoms with Crippen LogP contribution in [0.25, 0.3) is 0 Å². The highest BCUT2D eigenvalue weighted by atomic mass is 35.5. The van der Waals surface area contributed by atoms with Gasteiger partial charge in [-0.2, -0.15) is 0 Å². The Morgan fingerprint density at radius 1 is 1.38 bits per heavy atom. The van der Waals surface area contributed by atoms with E-state index in [-0.39, 0.29) is 6.04 Å². The van der Waals surface area contributed by atoms with Gasteiger partial charge in [-0.1, -0.05) is 18.5 Å². The van der Waals surface area contributed by atoms with E-state index in [0.717, 1.165) is 38.2 Å². The van der Waals surface area contributed by atoms with Crippen molar-refractivity contribution in [2.24, 2.45) is 5.92 Å². The summed E-state index contributed by atoms with van der Waals surface area (Å²) in [5.74, 6) is 1.72. The number of hydrogen-bond donors (Lipinski definition) is 1. The lowest BCUT2D eigenvalue weighted by Gasteiger charge is -2.25. The van der Waals surface area contributed by atoms with Crippen molar-refractivity contribution in [2.45, 2.75) is 25.8 Å². The highest BCUT2D eigenvalue weighted by molar-refractivity contribution is 6.32. The van der Waals surface area contributed by atoms with Crippen molar-refractivity contribution >= 4 is 11.6 Å². The van der Waals surface area contributed by atoms with E-state index in [4.69, 9.17) is 25.8 Å². The van der Waals surface area contributed by atoms with Crippen molar-refractivity contribution in [3.63, 3.8) is 0 Å². The molecule has 1 fully saturated rings. The molecule has 5 heteroatoms. The first-order valence-electron chi connectivity index (χ1n) is 7.43. The average molecular weight is 314 g/mol. The predicted octanol–water partition coefficient (Wildman–Crippen LogP) is 3.43. The van der Waals surface area contributed by atoms with Crippen LogP contribution in [-0.2, 0) is 4.74 Å². The molecule has 1 aliphatic rings. The van der Waals surface area contributed by atoms with Crippen molar-refractivity contribution in [3.8, 4) is 11.5 Å². The Bertz CT molecular complexity index is 461. The molecule has 21 heavy (non-hydrogen) atoms. The third-order valence-corrected chi connectivity index (χ3v) is 4.15. The van der Waals surface area contributed by atoms with E-state index in [2.05, 4.69) is 12.2 Å². The monoisotopic (exact) mass is 313 g/mol. The predicted molar refractivity (Wildman–Crippen MR) is 84.5 cm³/mol. The molecule has 4 nitrogen and oxygen atoms in total. The molecule has 2 unspecified atom stereocenters. The minimum absolute atomic E-state index is 0.227. The van der Waals surface area contributed by atoms with Gasteiger partial charge in [-0.3, -0.25) is 0 Å². The van der Waals surface area contributed by atoms with Crippen molar-refractivity contribution < 1.29 is 14.2 Å². The zero-order chi connectivity index (χ0) is 15.2. The molecule has 0 aliphatic carbocycles. The highest BCUT2D eigenvalue weighted by Gasteiger charge is 2.28. The van der Waals surface area contributed by atoms with Gasteiger partial charge in [0.15, 0.2) is 11.5 Å². The molecular formula is C16H24ClNO3. The highest BCUT2D eigenvalue weighted by Crippen LogP contribution is 2.40. The van der Waals surface area contributed by atoms with E-state index in [1.54, 1.807) is 14.2 Å². The van der Waals surface area contributed by atoms with Gasteiger partial charge in [0.1, 0.15) is 0 Å². The Balaban J connectivity index is 2.31. The van der Waals surface area contributed by atoms with Crippen molar-refractivity contribution in [2.75, 3.05) is 34.0 Å². The van der Waals surface area contributed by atoms with Crippen LogP contribution in [0.4, 0.5) is 0 Å². The van der Waals surface area contributed by atoms with Crippen LogP contribution in [0.2, 0.25) is 5.02 Å². The van der Waals surface area contributed by atoms with E-state index in [1.165, 1.54) is 0 Å². The number of ether oxygens (including phenoxy) is 3. The van der Waals surface area contributed by atoms with Gasteiger partial charge >= 0.3 is 0 Å². The number of nitrogens with one attached hydrogen (secondary N) is 1. The number of hydrogen-bond acceptors (Lipinski definition) is 4. The first-order valence-corrected chi connectivity index (χ1v) is 7.81. The summed E-state index contributed by atoms with van der Waals surface area (Å²) in [5, 5.41) is 4.19. The second-order valence-corrected chi connectivity index (χ2v) is 5.70. The Morgan fingerprint density at radius 2 is 2.19 bits per heavy atom. The lowest BCUT2D eigenvalue weighted by molar-refractivity contribution is 0.176. The minimum Gasteiger partial charge on any atom is -0.493 e. The first kappa shape index (κ1) is 16.4. The number of halogens is 1. The van der Waals surface area contributed by atoms with Crippen molar-refractivity contribution in [1.82, 2.24) is 5.32 Å². The molecule has 0 aromatic heterocycles. The lowest BCUT2D eigenvalue weighted by atomic mass is 9.92. The molecule has 1 aromatic rings. The summed E-state index contributed by atoms with van der Waals surface area (Å²) in [6.45, 7) is 4.74. The van der Waals surface area contributed by atoms with Gasteiger partial charge in [-0.25, -0.2) is 0 Å². The van der Waals surface area contributed by atoms with Crippen molar-refractivity contribution in [1.29, 1.82) is 0 Å². The number of rotatable bonds is 7. The third kappa shape index (κ3) is 3.82. The Labute approximate surface area is 131 Å². The summed E-state index contributed by atoms with van der Waals surface area (Å²) in [6.07, 6.45) is 2.15. The van der Waals surface area contributed by atoms with Crippen LogP contribution in [0.1, 0.15) is 31.4 Å². The van der Waals surface area contributed by atoms with Gasteiger partial charge in [-0.05, 0) is 37.1 Å². The standard InChI is InChI=1S/C16H24ClNO3/c1-4-6-18-15(11-5-7-21-10-11)12-8-13(17)16(20-3)14(9-12)19-2/h8-9,11,15,18H,4-7,10H2,1-3H3. The first-order chi connectivity index (χ1) is 10.2.